The monoisotopic (exact) mass is 330 g/mol. The van der Waals surface area contributed by atoms with Crippen molar-refractivity contribution in [1.82, 2.24) is 10.6 Å². The number of hydrogen-bond acceptors (Lipinski definition) is 3. The molecule has 2 N–H and O–H groups in total. The SMILES string of the molecule is COc1ccc([C@H](N[C@H]2CCNC2=O)c2ccccc2Cl)cc1. The van der Waals surface area contributed by atoms with Crippen LogP contribution in [0.4, 0.5) is 0 Å². The molecule has 120 valence electrons. The standard InChI is InChI=1S/C18H19ClN2O2/c1-23-13-8-6-12(7-9-13)17(14-4-2-3-5-15(14)19)21-16-10-11-20-18(16)22/h2-9,16-17,21H,10-11H2,1H3,(H,20,22)/t16-,17-/m0/s1. The summed E-state index contributed by atoms with van der Waals surface area (Å²) in [6.45, 7) is 0.703. The van der Waals surface area contributed by atoms with Crippen molar-refractivity contribution in [2.75, 3.05) is 13.7 Å². The number of halogens is 1. The average Bonchev–Trinajstić information content (AvgIpc) is 2.98. The lowest BCUT2D eigenvalue weighted by Gasteiger charge is -2.24. The number of methoxy groups -OCH3 is 1. The molecule has 1 fully saturated rings. The molecule has 4 nitrogen and oxygen atoms in total. The molecule has 0 saturated carbocycles. The maximum absolute atomic E-state index is 11.9. The fourth-order valence-electron chi connectivity index (χ4n) is 2.83. The Kier molecular flexibility index (Phi) is 4.84. The van der Waals surface area contributed by atoms with E-state index in [0.29, 0.717) is 11.6 Å². The van der Waals surface area contributed by atoms with E-state index in [2.05, 4.69) is 10.6 Å². The molecule has 0 radical (unpaired) electrons. The molecule has 0 aromatic heterocycles. The second-order valence-electron chi connectivity index (χ2n) is 5.53. The van der Waals surface area contributed by atoms with Crippen molar-refractivity contribution in [2.24, 2.45) is 0 Å². The Labute approximate surface area is 140 Å². The molecule has 3 rings (SSSR count). The molecular weight excluding hydrogens is 312 g/mol. The molecule has 1 aliphatic heterocycles. The molecular formula is C18H19ClN2O2. The molecule has 0 spiro atoms. The van der Waals surface area contributed by atoms with Crippen LogP contribution in [-0.4, -0.2) is 25.6 Å². The molecule has 1 heterocycles. The first kappa shape index (κ1) is 15.8. The van der Waals surface area contributed by atoms with Crippen molar-refractivity contribution < 1.29 is 9.53 Å². The number of nitrogens with one attached hydrogen (secondary N) is 2. The average molecular weight is 331 g/mol. The number of carbonyl (C=O) groups excluding carboxylic acids is 1. The molecule has 2 atom stereocenters. The van der Waals surface area contributed by atoms with Gasteiger partial charge in [-0.05, 0) is 35.7 Å². The van der Waals surface area contributed by atoms with E-state index in [9.17, 15) is 4.79 Å². The molecule has 23 heavy (non-hydrogen) atoms. The van der Waals surface area contributed by atoms with E-state index < -0.39 is 0 Å². The minimum Gasteiger partial charge on any atom is -0.497 e. The number of rotatable bonds is 5. The number of carbonyl (C=O) groups is 1. The van der Waals surface area contributed by atoms with Crippen molar-refractivity contribution in [2.45, 2.75) is 18.5 Å². The molecule has 1 aliphatic rings. The van der Waals surface area contributed by atoms with E-state index in [1.54, 1.807) is 7.11 Å². The van der Waals surface area contributed by atoms with E-state index in [-0.39, 0.29) is 18.0 Å². The lowest BCUT2D eigenvalue weighted by molar-refractivity contribution is -0.121. The van der Waals surface area contributed by atoms with Crippen LogP contribution in [0, 0.1) is 0 Å². The summed E-state index contributed by atoms with van der Waals surface area (Å²) in [4.78, 5) is 11.9. The summed E-state index contributed by atoms with van der Waals surface area (Å²) in [6.07, 6.45) is 0.774. The molecule has 0 bridgehead atoms. The minimum atomic E-state index is -0.210. The smallest absolute Gasteiger partial charge is 0.237 e. The van der Waals surface area contributed by atoms with Gasteiger partial charge in [0.1, 0.15) is 5.75 Å². The van der Waals surface area contributed by atoms with Crippen LogP contribution in [0.25, 0.3) is 0 Å². The Balaban J connectivity index is 1.95. The van der Waals surface area contributed by atoms with Gasteiger partial charge in [0.15, 0.2) is 0 Å². The van der Waals surface area contributed by atoms with Gasteiger partial charge in [-0.3, -0.25) is 10.1 Å². The largest absolute Gasteiger partial charge is 0.497 e. The maximum atomic E-state index is 11.9. The highest BCUT2D eigenvalue weighted by Crippen LogP contribution is 2.30. The van der Waals surface area contributed by atoms with Crippen molar-refractivity contribution in [3.63, 3.8) is 0 Å². The Morgan fingerprint density at radius 3 is 2.57 bits per heavy atom. The van der Waals surface area contributed by atoms with Gasteiger partial charge < -0.3 is 10.1 Å². The zero-order chi connectivity index (χ0) is 16.2. The zero-order valence-corrected chi connectivity index (χ0v) is 13.6. The van der Waals surface area contributed by atoms with Crippen LogP contribution >= 0.6 is 11.6 Å². The molecule has 1 amide bonds. The fraction of sp³-hybridized carbons (Fsp3) is 0.278. The summed E-state index contributed by atoms with van der Waals surface area (Å²) in [5, 5.41) is 6.98. The predicted molar refractivity (Wildman–Crippen MR) is 90.8 cm³/mol. The molecule has 2 aromatic carbocycles. The van der Waals surface area contributed by atoms with Crippen LogP contribution < -0.4 is 15.4 Å². The van der Waals surface area contributed by atoms with Gasteiger partial charge in [0.05, 0.1) is 19.2 Å². The summed E-state index contributed by atoms with van der Waals surface area (Å²) in [5.41, 5.74) is 2.00. The topological polar surface area (TPSA) is 50.4 Å². The summed E-state index contributed by atoms with van der Waals surface area (Å²) >= 11 is 6.38. The van der Waals surface area contributed by atoms with E-state index in [1.165, 1.54) is 0 Å². The highest BCUT2D eigenvalue weighted by Gasteiger charge is 2.28. The minimum absolute atomic E-state index is 0.0376. The number of benzene rings is 2. The first-order chi connectivity index (χ1) is 11.2. The highest BCUT2D eigenvalue weighted by atomic mass is 35.5. The summed E-state index contributed by atoms with van der Waals surface area (Å²) in [7, 11) is 1.64. The lowest BCUT2D eigenvalue weighted by atomic mass is 9.97. The molecule has 5 heteroatoms. The van der Waals surface area contributed by atoms with E-state index in [0.717, 1.165) is 23.3 Å². The Hall–Kier alpha value is -2.04. The van der Waals surface area contributed by atoms with Crippen LogP contribution in [-0.2, 0) is 4.79 Å². The second-order valence-corrected chi connectivity index (χ2v) is 5.93. The van der Waals surface area contributed by atoms with Gasteiger partial charge in [0.25, 0.3) is 0 Å². The first-order valence-corrected chi connectivity index (χ1v) is 7.99. The number of amides is 1. The number of ether oxygens (including phenoxy) is 1. The Morgan fingerprint density at radius 1 is 1.22 bits per heavy atom. The third-order valence-corrected chi connectivity index (χ3v) is 4.43. The van der Waals surface area contributed by atoms with Gasteiger partial charge in [0, 0.05) is 11.6 Å². The van der Waals surface area contributed by atoms with Crippen LogP contribution in [0.1, 0.15) is 23.6 Å². The summed E-state index contributed by atoms with van der Waals surface area (Å²) in [6, 6.07) is 15.2. The van der Waals surface area contributed by atoms with Gasteiger partial charge in [0.2, 0.25) is 5.91 Å². The number of hydrogen-bond donors (Lipinski definition) is 2. The third-order valence-electron chi connectivity index (χ3n) is 4.08. The van der Waals surface area contributed by atoms with Crippen LogP contribution in [0.3, 0.4) is 0 Å². The van der Waals surface area contributed by atoms with Gasteiger partial charge in [-0.15, -0.1) is 0 Å². The van der Waals surface area contributed by atoms with Gasteiger partial charge in [-0.25, -0.2) is 0 Å². The fourth-order valence-corrected chi connectivity index (χ4v) is 3.07. The van der Waals surface area contributed by atoms with Crippen molar-refractivity contribution in [1.29, 1.82) is 0 Å². The zero-order valence-electron chi connectivity index (χ0n) is 12.9. The van der Waals surface area contributed by atoms with Crippen molar-refractivity contribution >= 4 is 17.5 Å². The van der Waals surface area contributed by atoms with E-state index in [1.807, 2.05) is 48.5 Å². The normalized spacial score (nSPS) is 18.5. The van der Waals surface area contributed by atoms with Gasteiger partial charge in [-0.2, -0.15) is 0 Å². The lowest BCUT2D eigenvalue weighted by Crippen LogP contribution is -2.39. The maximum Gasteiger partial charge on any atom is 0.237 e. The quantitative estimate of drug-likeness (QED) is 0.886. The van der Waals surface area contributed by atoms with E-state index >= 15 is 0 Å². The Bertz CT molecular complexity index is 688. The summed E-state index contributed by atoms with van der Waals surface area (Å²) in [5.74, 6) is 0.834. The van der Waals surface area contributed by atoms with Gasteiger partial charge >= 0.3 is 0 Å². The van der Waals surface area contributed by atoms with E-state index in [4.69, 9.17) is 16.3 Å². The molecule has 1 saturated heterocycles. The molecule has 2 aromatic rings. The molecule has 0 aliphatic carbocycles. The van der Waals surface area contributed by atoms with Crippen LogP contribution in [0.15, 0.2) is 48.5 Å². The van der Waals surface area contributed by atoms with Gasteiger partial charge in [-0.1, -0.05) is 41.9 Å². The van der Waals surface area contributed by atoms with Crippen molar-refractivity contribution in [3.8, 4) is 5.75 Å². The molecule has 0 unspecified atom stereocenters. The summed E-state index contributed by atoms with van der Waals surface area (Å²) < 4.78 is 5.22. The second kappa shape index (κ2) is 7.02. The first-order valence-electron chi connectivity index (χ1n) is 7.61. The van der Waals surface area contributed by atoms with Crippen molar-refractivity contribution in [3.05, 3.63) is 64.7 Å². The highest BCUT2D eigenvalue weighted by molar-refractivity contribution is 6.31. The van der Waals surface area contributed by atoms with Crippen LogP contribution in [0.2, 0.25) is 5.02 Å². The predicted octanol–water partition coefficient (Wildman–Crippen LogP) is 2.92. The van der Waals surface area contributed by atoms with Crippen LogP contribution in [0.5, 0.6) is 5.75 Å². The third kappa shape index (κ3) is 3.49. The Morgan fingerprint density at radius 2 is 1.96 bits per heavy atom.